The molecule has 2 aromatic rings. The highest BCUT2D eigenvalue weighted by Gasteiger charge is 2.35. The van der Waals surface area contributed by atoms with Gasteiger partial charge in [-0.25, -0.2) is 4.98 Å². The van der Waals surface area contributed by atoms with Crippen molar-refractivity contribution in [3.63, 3.8) is 0 Å². The fourth-order valence-electron chi connectivity index (χ4n) is 3.30. The molecular formula is C17H22N2O. The molecule has 3 nitrogen and oxygen atoms in total. The monoisotopic (exact) mass is 270 g/mol. The quantitative estimate of drug-likeness (QED) is 0.927. The number of hydrogen-bond acceptors (Lipinski definition) is 2. The van der Waals surface area contributed by atoms with E-state index in [0.717, 1.165) is 43.6 Å². The Hall–Kier alpha value is -1.61. The predicted octanol–water partition coefficient (Wildman–Crippen LogP) is 3.06. The van der Waals surface area contributed by atoms with E-state index in [1.807, 2.05) is 18.5 Å². The smallest absolute Gasteiger partial charge is 0.111 e. The maximum atomic E-state index is 11.1. The average molecular weight is 270 g/mol. The largest absolute Gasteiger partial charge is 0.385 e. The van der Waals surface area contributed by atoms with Crippen LogP contribution >= 0.6 is 0 Å². The van der Waals surface area contributed by atoms with E-state index >= 15 is 0 Å². The molecule has 0 amide bonds. The van der Waals surface area contributed by atoms with Gasteiger partial charge in [0.05, 0.1) is 5.60 Å². The van der Waals surface area contributed by atoms with Crippen LogP contribution in [0.4, 0.5) is 0 Å². The van der Waals surface area contributed by atoms with Gasteiger partial charge in [-0.05, 0) is 36.8 Å². The molecule has 1 heterocycles. The summed E-state index contributed by atoms with van der Waals surface area (Å²) >= 11 is 0. The van der Waals surface area contributed by atoms with Crippen LogP contribution in [0.2, 0.25) is 0 Å². The fourth-order valence-corrected chi connectivity index (χ4v) is 3.30. The highest BCUT2D eigenvalue weighted by Crippen LogP contribution is 2.37. The summed E-state index contributed by atoms with van der Waals surface area (Å²) in [7, 11) is 0. The zero-order valence-corrected chi connectivity index (χ0v) is 12.0. The van der Waals surface area contributed by atoms with Gasteiger partial charge in [-0.15, -0.1) is 0 Å². The van der Waals surface area contributed by atoms with Crippen molar-refractivity contribution in [3.05, 3.63) is 53.6 Å². The van der Waals surface area contributed by atoms with E-state index in [4.69, 9.17) is 0 Å². The van der Waals surface area contributed by atoms with E-state index in [2.05, 4.69) is 34.7 Å². The molecule has 0 saturated heterocycles. The maximum Gasteiger partial charge on any atom is 0.111 e. The highest BCUT2D eigenvalue weighted by molar-refractivity contribution is 5.35. The number of rotatable bonds is 4. The van der Waals surface area contributed by atoms with Crippen molar-refractivity contribution in [1.82, 2.24) is 9.55 Å². The summed E-state index contributed by atoms with van der Waals surface area (Å²) in [6.45, 7) is 3.13. The summed E-state index contributed by atoms with van der Waals surface area (Å²) in [4.78, 5) is 4.45. The fraction of sp³-hybridized carbons (Fsp3) is 0.471. The summed E-state index contributed by atoms with van der Waals surface area (Å²) in [6, 6.07) is 8.29. The van der Waals surface area contributed by atoms with Gasteiger partial charge < -0.3 is 9.67 Å². The molecule has 1 aromatic heterocycles. The second kappa shape index (κ2) is 5.41. The van der Waals surface area contributed by atoms with Crippen LogP contribution in [0.25, 0.3) is 0 Å². The molecule has 0 aliphatic heterocycles. The van der Waals surface area contributed by atoms with Gasteiger partial charge in [0.25, 0.3) is 0 Å². The lowest BCUT2D eigenvalue weighted by Gasteiger charge is -2.34. The Balaban J connectivity index is 1.92. The third kappa shape index (κ3) is 2.38. The molecule has 1 atom stereocenters. The van der Waals surface area contributed by atoms with E-state index in [1.54, 1.807) is 0 Å². The van der Waals surface area contributed by atoms with Crippen LogP contribution in [0.3, 0.4) is 0 Å². The van der Waals surface area contributed by atoms with Crippen LogP contribution in [-0.2, 0) is 25.0 Å². The third-order valence-corrected chi connectivity index (χ3v) is 4.27. The van der Waals surface area contributed by atoms with E-state index in [0.29, 0.717) is 6.42 Å². The van der Waals surface area contributed by atoms with E-state index < -0.39 is 5.60 Å². The van der Waals surface area contributed by atoms with Crippen LogP contribution in [0.1, 0.15) is 43.1 Å². The first kappa shape index (κ1) is 13.4. The number of fused-ring (bicyclic) bond motifs is 1. The number of aliphatic hydroxyl groups is 1. The lowest BCUT2D eigenvalue weighted by molar-refractivity contribution is 0.0163. The van der Waals surface area contributed by atoms with Gasteiger partial charge in [-0.2, -0.15) is 0 Å². The van der Waals surface area contributed by atoms with Gasteiger partial charge in [-0.1, -0.05) is 31.2 Å². The lowest BCUT2D eigenvalue weighted by atomic mass is 9.77. The van der Waals surface area contributed by atoms with Crippen molar-refractivity contribution in [2.24, 2.45) is 0 Å². The first-order chi connectivity index (χ1) is 9.73. The number of nitrogens with zero attached hydrogens (tertiary/aromatic N) is 2. The Bertz CT molecular complexity index is 590. The van der Waals surface area contributed by atoms with E-state index in [-0.39, 0.29) is 0 Å². The topological polar surface area (TPSA) is 38.0 Å². The van der Waals surface area contributed by atoms with Crippen LogP contribution < -0.4 is 0 Å². The Labute approximate surface area is 120 Å². The molecule has 20 heavy (non-hydrogen) atoms. The molecule has 1 aliphatic carbocycles. The molecule has 0 radical (unpaired) electrons. The number of aryl methyl sites for hydroxylation is 2. The van der Waals surface area contributed by atoms with Crippen molar-refractivity contribution in [2.75, 3.05) is 0 Å². The van der Waals surface area contributed by atoms with Crippen LogP contribution in [0.5, 0.6) is 0 Å². The average Bonchev–Trinajstić information content (AvgIpc) is 2.87. The molecule has 0 saturated carbocycles. The van der Waals surface area contributed by atoms with Crippen molar-refractivity contribution < 1.29 is 5.11 Å². The molecule has 1 aromatic carbocycles. The molecule has 0 spiro atoms. The molecule has 1 aliphatic rings. The van der Waals surface area contributed by atoms with Crippen LogP contribution in [0, 0.1) is 0 Å². The Morgan fingerprint density at radius 3 is 3.05 bits per heavy atom. The normalized spacial score (nSPS) is 21.7. The molecule has 1 unspecified atom stereocenters. The summed E-state index contributed by atoms with van der Waals surface area (Å²) in [5.41, 5.74) is 1.62. The summed E-state index contributed by atoms with van der Waals surface area (Å²) in [6.07, 6.45) is 8.47. The maximum absolute atomic E-state index is 11.1. The molecule has 3 heteroatoms. The zero-order chi connectivity index (χ0) is 14.0. The second-order valence-corrected chi connectivity index (χ2v) is 5.76. The minimum Gasteiger partial charge on any atom is -0.385 e. The molecular weight excluding hydrogens is 248 g/mol. The molecule has 1 N–H and O–H groups in total. The minimum absolute atomic E-state index is 0.608. The number of hydrogen-bond donors (Lipinski definition) is 1. The van der Waals surface area contributed by atoms with E-state index in [9.17, 15) is 5.11 Å². The van der Waals surface area contributed by atoms with Crippen molar-refractivity contribution in [2.45, 2.75) is 51.2 Å². The highest BCUT2D eigenvalue weighted by atomic mass is 16.3. The minimum atomic E-state index is -0.758. The van der Waals surface area contributed by atoms with E-state index in [1.165, 1.54) is 5.56 Å². The van der Waals surface area contributed by atoms with Gasteiger partial charge in [0.15, 0.2) is 0 Å². The third-order valence-electron chi connectivity index (χ3n) is 4.27. The van der Waals surface area contributed by atoms with Gasteiger partial charge >= 0.3 is 0 Å². The van der Waals surface area contributed by atoms with Gasteiger partial charge in [0.2, 0.25) is 0 Å². The summed E-state index contributed by atoms with van der Waals surface area (Å²) in [5, 5.41) is 11.1. The first-order valence-electron chi connectivity index (χ1n) is 7.54. The summed E-state index contributed by atoms with van der Waals surface area (Å²) < 4.78 is 2.16. The lowest BCUT2D eigenvalue weighted by Crippen LogP contribution is -2.34. The second-order valence-electron chi connectivity index (χ2n) is 5.76. The predicted molar refractivity (Wildman–Crippen MR) is 79.5 cm³/mol. The molecule has 0 fully saturated rings. The van der Waals surface area contributed by atoms with Crippen molar-refractivity contribution >= 4 is 0 Å². The van der Waals surface area contributed by atoms with Gasteiger partial charge in [0.1, 0.15) is 5.82 Å². The molecule has 0 bridgehead atoms. The van der Waals surface area contributed by atoms with Crippen LogP contribution in [-0.4, -0.2) is 14.7 Å². The first-order valence-corrected chi connectivity index (χ1v) is 7.54. The molecule has 3 rings (SSSR count). The zero-order valence-electron chi connectivity index (χ0n) is 12.0. The molecule has 106 valence electrons. The number of benzene rings is 1. The van der Waals surface area contributed by atoms with Crippen molar-refractivity contribution in [1.29, 1.82) is 0 Å². The van der Waals surface area contributed by atoms with Crippen LogP contribution in [0.15, 0.2) is 36.7 Å². The standard InChI is InChI=1S/C17H22N2O/c1-2-11-19-12-10-18-16(19)13-17(20)9-5-7-14-6-3-4-8-15(14)17/h3-4,6,8,10,12,20H,2,5,7,9,11,13H2,1H3. The number of imidazole rings is 1. The Morgan fingerprint density at radius 2 is 2.20 bits per heavy atom. The van der Waals surface area contributed by atoms with Gasteiger partial charge in [0, 0.05) is 25.4 Å². The van der Waals surface area contributed by atoms with Gasteiger partial charge in [-0.3, -0.25) is 0 Å². The number of aromatic nitrogens is 2. The SMILES string of the molecule is CCCn1ccnc1CC1(O)CCCc2ccccc21. The Morgan fingerprint density at radius 1 is 1.35 bits per heavy atom. The van der Waals surface area contributed by atoms with Crippen molar-refractivity contribution in [3.8, 4) is 0 Å². The summed E-state index contributed by atoms with van der Waals surface area (Å²) in [5.74, 6) is 0.992. The Kier molecular flexibility index (Phi) is 3.62.